The van der Waals surface area contributed by atoms with Gasteiger partial charge < -0.3 is 10.4 Å². The molecule has 0 atom stereocenters. The zero-order chi connectivity index (χ0) is 12.1. The molecule has 0 saturated heterocycles. The third kappa shape index (κ3) is 2.75. The molecule has 1 amide bonds. The van der Waals surface area contributed by atoms with Gasteiger partial charge in [-0.05, 0) is 12.1 Å². The van der Waals surface area contributed by atoms with Gasteiger partial charge in [-0.2, -0.15) is 0 Å². The van der Waals surface area contributed by atoms with Gasteiger partial charge in [0.25, 0.3) is 0 Å². The van der Waals surface area contributed by atoms with E-state index >= 15 is 0 Å². The van der Waals surface area contributed by atoms with Crippen molar-refractivity contribution in [2.45, 2.75) is 6.42 Å². The number of rotatable bonds is 3. The Morgan fingerprint density at radius 3 is 2.75 bits per heavy atom. The number of hydrogen-bond acceptors (Lipinski definition) is 2. The summed E-state index contributed by atoms with van der Waals surface area (Å²) in [7, 11) is 0. The van der Waals surface area contributed by atoms with Crippen molar-refractivity contribution in [2.75, 3.05) is 5.32 Å². The zero-order valence-corrected chi connectivity index (χ0v) is 8.91. The molecule has 4 nitrogen and oxygen atoms in total. The summed E-state index contributed by atoms with van der Waals surface area (Å²) in [6, 6.07) is 4.42. The molecule has 0 heterocycles. The number of terminal acetylenes is 1. The van der Waals surface area contributed by atoms with Crippen LogP contribution in [0.3, 0.4) is 0 Å². The molecule has 0 aromatic heterocycles. The number of hydrogen-bond donors (Lipinski definition) is 2. The van der Waals surface area contributed by atoms with Crippen LogP contribution in [0.5, 0.6) is 0 Å². The third-order valence-electron chi connectivity index (χ3n) is 1.76. The third-order valence-corrected chi connectivity index (χ3v) is 2.08. The van der Waals surface area contributed by atoms with Gasteiger partial charge in [-0.15, -0.1) is 6.42 Å². The van der Waals surface area contributed by atoms with E-state index in [2.05, 4.69) is 11.2 Å². The lowest BCUT2D eigenvalue weighted by Crippen LogP contribution is -2.13. The Morgan fingerprint density at radius 2 is 2.19 bits per heavy atom. The normalized spacial score (nSPS) is 9.25. The van der Waals surface area contributed by atoms with Gasteiger partial charge in [-0.25, -0.2) is 4.79 Å². The highest BCUT2D eigenvalue weighted by Gasteiger charge is 2.15. The maximum Gasteiger partial charge on any atom is 0.339 e. The van der Waals surface area contributed by atoms with Gasteiger partial charge >= 0.3 is 5.97 Å². The van der Waals surface area contributed by atoms with E-state index in [1.54, 1.807) is 6.07 Å². The van der Waals surface area contributed by atoms with E-state index in [4.69, 9.17) is 23.1 Å². The van der Waals surface area contributed by atoms with Crippen molar-refractivity contribution < 1.29 is 14.7 Å². The topological polar surface area (TPSA) is 66.4 Å². The number of nitrogens with one attached hydrogen (secondary N) is 1. The van der Waals surface area contributed by atoms with Gasteiger partial charge in [0, 0.05) is 0 Å². The fourth-order valence-electron chi connectivity index (χ4n) is 1.13. The second kappa shape index (κ2) is 5.19. The van der Waals surface area contributed by atoms with Crippen LogP contribution in [0.2, 0.25) is 5.02 Å². The van der Waals surface area contributed by atoms with Crippen molar-refractivity contribution in [3.8, 4) is 12.3 Å². The van der Waals surface area contributed by atoms with Gasteiger partial charge in [-0.3, -0.25) is 4.79 Å². The van der Waals surface area contributed by atoms with E-state index in [0.717, 1.165) is 0 Å². The summed E-state index contributed by atoms with van der Waals surface area (Å²) in [5.74, 6) is 0.500. The first-order chi connectivity index (χ1) is 7.56. The molecule has 0 aliphatic heterocycles. The Hall–Kier alpha value is -1.99. The molecule has 82 valence electrons. The molecule has 0 fully saturated rings. The number of aromatic carboxylic acids is 1. The molecule has 0 bridgehead atoms. The number of carbonyl (C=O) groups excluding carboxylic acids is 1. The predicted octanol–water partition coefficient (Wildman–Crippen LogP) is 2.00. The van der Waals surface area contributed by atoms with Crippen LogP contribution in [-0.4, -0.2) is 17.0 Å². The number of carboxylic acid groups (broad SMARTS) is 1. The fraction of sp³-hybridized carbons (Fsp3) is 0.0909. The summed E-state index contributed by atoms with van der Waals surface area (Å²) >= 11 is 5.71. The number of amides is 1. The zero-order valence-electron chi connectivity index (χ0n) is 8.16. The van der Waals surface area contributed by atoms with Crippen LogP contribution in [0, 0.1) is 12.3 Å². The predicted molar refractivity (Wildman–Crippen MR) is 60.5 cm³/mol. The quantitative estimate of drug-likeness (QED) is 0.791. The number of anilines is 1. The summed E-state index contributed by atoms with van der Waals surface area (Å²) < 4.78 is 0. The van der Waals surface area contributed by atoms with Crippen molar-refractivity contribution in [2.24, 2.45) is 0 Å². The van der Waals surface area contributed by atoms with E-state index in [1.807, 2.05) is 0 Å². The first-order valence-corrected chi connectivity index (χ1v) is 4.69. The number of carboxylic acids is 1. The first-order valence-electron chi connectivity index (χ1n) is 4.31. The van der Waals surface area contributed by atoms with Crippen LogP contribution in [-0.2, 0) is 4.79 Å². The summed E-state index contributed by atoms with van der Waals surface area (Å²) in [4.78, 5) is 22.1. The molecular weight excluding hydrogens is 230 g/mol. The van der Waals surface area contributed by atoms with Gasteiger partial charge in [0.2, 0.25) is 5.91 Å². The summed E-state index contributed by atoms with van der Waals surface area (Å²) in [5, 5.41) is 11.4. The highest BCUT2D eigenvalue weighted by atomic mass is 35.5. The lowest BCUT2D eigenvalue weighted by molar-refractivity contribution is -0.115. The van der Waals surface area contributed by atoms with Gasteiger partial charge in [0.15, 0.2) is 0 Å². The van der Waals surface area contributed by atoms with Gasteiger partial charge in [-0.1, -0.05) is 23.6 Å². The molecule has 0 spiro atoms. The summed E-state index contributed by atoms with van der Waals surface area (Å²) in [5.41, 5.74) is -0.00483. The molecule has 1 aromatic rings. The standard InChI is InChI=1S/C11H8ClNO3/c1-2-4-9(14)13-8-6-3-5-7(12)10(8)11(15)16/h1,3,5-6H,4H2,(H,13,14)(H,15,16). The SMILES string of the molecule is C#CCC(=O)Nc1cccc(Cl)c1C(=O)O. The Labute approximate surface area is 97.2 Å². The Kier molecular flexibility index (Phi) is 3.92. The molecule has 2 N–H and O–H groups in total. The summed E-state index contributed by atoms with van der Waals surface area (Å²) in [6.07, 6.45) is 4.84. The van der Waals surface area contributed by atoms with Crippen LogP contribution < -0.4 is 5.32 Å². The molecule has 0 aliphatic rings. The maximum absolute atomic E-state index is 11.2. The van der Waals surface area contributed by atoms with E-state index in [0.29, 0.717) is 0 Å². The first kappa shape index (κ1) is 12.1. The molecule has 16 heavy (non-hydrogen) atoms. The average molecular weight is 238 g/mol. The Balaban J connectivity index is 3.05. The lowest BCUT2D eigenvalue weighted by Gasteiger charge is -2.08. The molecule has 0 saturated carbocycles. The Morgan fingerprint density at radius 1 is 1.50 bits per heavy atom. The van der Waals surface area contributed by atoms with E-state index in [1.165, 1.54) is 12.1 Å². The van der Waals surface area contributed by atoms with Crippen LogP contribution in [0.4, 0.5) is 5.69 Å². The van der Waals surface area contributed by atoms with Gasteiger partial charge in [0.1, 0.15) is 5.56 Å². The van der Waals surface area contributed by atoms with Crippen LogP contribution in [0.25, 0.3) is 0 Å². The van der Waals surface area contributed by atoms with E-state index < -0.39 is 11.9 Å². The van der Waals surface area contributed by atoms with Crippen molar-refractivity contribution in [3.05, 3.63) is 28.8 Å². The van der Waals surface area contributed by atoms with Gasteiger partial charge in [0.05, 0.1) is 17.1 Å². The highest BCUT2D eigenvalue weighted by Crippen LogP contribution is 2.24. The molecule has 0 aliphatic carbocycles. The van der Waals surface area contributed by atoms with Crippen molar-refractivity contribution in [3.63, 3.8) is 0 Å². The number of carbonyl (C=O) groups is 2. The van der Waals surface area contributed by atoms with Crippen LogP contribution >= 0.6 is 11.6 Å². The molecule has 0 unspecified atom stereocenters. The van der Waals surface area contributed by atoms with E-state index in [-0.39, 0.29) is 22.7 Å². The largest absolute Gasteiger partial charge is 0.478 e. The number of benzene rings is 1. The maximum atomic E-state index is 11.2. The Bertz CT molecular complexity index is 477. The molecule has 1 aromatic carbocycles. The minimum atomic E-state index is -1.21. The van der Waals surface area contributed by atoms with Crippen molar-refractivity contribution >= 4 is 29.2 Å². The van der Waals surface area contributed by atoms with Crippen LogP contribution in [0.15, 0.2) is 18.2 Å². The fourth-order valence-corrected chi connectivity index (χ4v) is 1.39. The van der Waals surface area contributed by atoms with Crippen molar-refractivity contribution in [1.29, 1.82) is 0 Å². The average Bonchev–Trinajstić information content (AvgIpc) is 2.17. The lowest BCUT2D eigenvalue weighted by atomic mass is 10.1. The minimum Gasteiger partial charge on any atom is -0.478 e. The molecule has 1 rings (SSSR count). The summed E-state index contributed by atoms with van der Waals surface area (Å²) in [6.45, 7) is 0. The molecule has 5 heteroatoms. The second-order valence-electron chi connectivity index (χ2n) is 2.90. The highest BCUT2D eigenvalue weighted by molar-refractivity contribution is 6.34. The molecular formula is C11H8ClNO3. The minimum absolute atomic E-state index is 0.0611. The smallest absolute Gasteiger partial charge is 0.339 e. The van der Waals surface area contributed by atoms with Crippen LogP contribution in [0.1, 0.15) is 16.8 Å². The second-order valence-corrected chi connectivity index (χ2v) is 3.30. The monoisotopic (exact) mass is 237 g/mol. The van der Waals surface area contributed by atoms with E-state index in [9.17, 15) is 9.59 Å². The molecule has 0 radical (unpaired) electrons. The van der Waals surface area contributed by atoms with Crippen molar-refractivity contribution in [1.82, 2.24) is 0 Å². The number of halogens is 1.